The van der Waals surface area contributed by atoms with Gasteiger partial charge in [0.05, 0.1) is 4.90 Å². The Labute approximate surface area is 124 Å². The third-order valence-electron chi connectivity index (χ3n) is 2.84. The molecule has 0 radical (unpaired) electrons. The van der Waals surface area contributed by atoms with Crippen molar-refractivity contribution in [3.63, 3.8) is 0 Å². The third kappa shape index (κ3) is 4.47. The molecule has 2 aromatic rings. The largest absolute Gasteiger partial charge is 0.492 e. The molecule has 0 saturated heterocycles. The number of benzene rings is 2. The Kier molecular flexibility index (Phi) is 4.82. The van der Waals surface area contributed by atoms with E-state index in [0.717, 1.165) is 5.56 Å². The number of anilines is 1. The van der Waals surface area contributed by atoms with E-state index >= 15 is 0 Å². The van der Waals surface area contributed by atoms with E-state index < -0.39 is 10.0 Å². The fourth-order valence-electron chi connectivity index (χ4n) is 1.77. The van der Waals surface area contributed by atoms with E-state index in [2.05, 4.69) is 4.72 Å². The summed E-state index contributed by atoms with van der Waals surface area (Å²) in [5.74, 6) is 0.652. The average Bonchev–Trinajstić information content (AvgIpc) is 2.45. The molecule has 112 valence electrons. The van der Waals surface area contributed by atoms with E-state index in [0.29, 0.717) is 11.4 Å². The zero-order valence-electron chi connectivity index (χ0n) is 11.7. The zero-order valence-corrected chi connectivity index (χ0v) is 12.6. The van der Waals surface area contributed by atoms with Crippen LogP contribution in [0.4, 0.5) is 5.69 Å². The highest BCUT2D eigenvalue weighted by molar-refractivity contribution is 7.89. The molecule has 2 aromatic carbocycles. The van der Waals surface area contributed by atoms with Crippen molar-refractivity contribution in [3.05, 3.63) is 54.1 Å². The molecule has 0 amide bonds. The summed E-state index contributed by atoms with van der Waals surface area (Å²) in [6.07, 6.45) is 0. The lowest BCUT2D eigenvalue weighted by Crippen LogP contribution is -2.28. The van der Waals surface area contributed by atoms with Crippen molar-refractivity contribution < 1.29 is 13.2 Å². The van der Waals surface area contributed by atoms with Gasteiger partial charge in [-0.05, 0) is 48.9 Å². The number of hydrogen-bond donors (Lipinski definition) is 2. The number of ether oxygens (including phenoxy) is 1. The summed E-state index contributed by atoms with van der Waals surface area (Å²) < 4.78 is 32.1. The summed E-state index contributed by atoms with van der Waals surface area (Å²) >= 11 is 0. The first-order valence-electron chi connectivity index (χ1n) is 6.52. The van der Waals surface area contributed by atoms with Gasteiger partial charge >= 0.3 is 0 Å². The van der Waals surface area contributed by atoms with Crippen molar-refractivity contribution in [2.45, 2.75) is 11.8 Å². The number of aryl methyl sites for hydroxylation is 1. The first-order valence-corrected chi connectivity index (χ1v) is 8.00. The van der Waals surface area contributed by atoms with Crippen LogP contribution in [-0.2, 0) is 10.0 Å². The Bertz CT molecular complexity index is 697. The molecule has 0 aliphatic carbocycles. The molecule has 0 fully saturated rings. The van der Waals surface area contributed by atoms with E-state index in [4.69, 9.17) is 10.5 Å². The minimum absolute atomic E-state index is 0.195. The van der Waals surface area contributed by atoms with Crippen LogP contribution in [0.15, 0.2) is 53.4 Å². The molecule has 5 nitrogen and oxygen atoms in total. The normalized spacial score (nSPS) is 11.3. The van der Waals surface area contributed by atoms with Crippen LogP contribution in [0.2, 0.25) is 0 Å². The molecule has 0 aliphatic heterocycles. The molecule has 0 aromatic heterocycles. The monoisotopic (exact) mass is 306 g/mol. The first kappa shape index (κ1) is 15.3. The lowest BCUT2D eigenvalue weighted by atomic mass is 10.2. The quantitative estimate of drug-likeness (QED) is 0.631. The van der Waals surface area contributed by atoms with Crippen LogP contribution in [0.5, 0.6) is 5.75 Å². The van der Waals surface area contributed by atoms with Crippen molar-refractivity contribution in [1.29, 1.82) is 0 Å². The zero-order chi connectivity index (χ0) is 15.3. The minimum Gasteiger partial charge on any atom is -0.492 e. The molecule has 0 spiro atoms. The molecule has 2 rings (SSSR count). The fourth-order valence-corrected chi connectivity index (χ4v) is 2.89. The molecular formula is C15H18N2O3S. The number of nitrogens with one attached hydrogen (secondary N) is 1. The molecule has 21 heavy (non-hydrogen) atoms. The van der Waals surface area contributed by atoms with Gasteiger partial charge in [0.2, 0.25) is 10.0 Å². The summed E-state index contributed by atoms with van der Waals surface area (Å²) in [7, 11) is -3.49. The van der Waals surface area contributed by atoms with Gasteiger partial charge in [-0.15, -0.1) is 0 Å². The molecule has 0 bridgehead atoms. The van der Waals surface area contributed by atoms with Crippen molar-refractivity contribution in [2.24, 2.45) is 0 Å². The highest BCUT2D eigenvalue weighted by Gasteiger charge is 2.12. The lowest BCUT2D eigenvalue weighted by Gasteiger charge is -2.09. The second-order valence-electron chi connectivity index (χ2n) is 4.63. The van der Waals surface area contributed by atoms with Crippen molar-refractivity contribution in [2.75, 3.05) is 18.9 Å². The van der Waals surface area contributed by atoms with Crippen LogP contribution < -0.4 is 15.2 Å². The number of nitrogen functional groups attached to an aromatic ring is 1. The molecule has 0 heterocycles. The van der Waals surface area contributed by atoms with Gasteiger partial charge in [-0.1, -0.05) is 12.1 Å². The second-order valence-corrected chi connectivity index (χ2v) is 6.40. The summed E-state index contributed by atoms with van der Waals surface area (Å²) in [5.41, 5.74) is 7.12. The van der Waals surface area contributed by atoms with Crippen molar-refractivity contribution in [3.8, 4) is 5.75 Å². The molecule has 6 heteroatoms. The van der Waals surface area contributed by atoms with Crippen LogP contribution in [0.3, 0.4) is 0 Å². The smallest absolute Gasteiger partial charge is 0.240 e. The predicted octanol–water partition coefficient (Wildman–Crippen LogP) is 1.93. The van der Waals surface area contributed by atoms with Gasteiger partial charge in [0, 0.05) is 12.2 Å². The Balaban J connectivity index is 1.86. The van der Waals surface area contributed by atoms with E-state index in [-0.39, 0.29) is 18.0 Å². The molecule has 0 atom stereocenters. The summed E-state index contributed by atoms with van der Waals surface area (Å²) in [6, 6.07) is 13.7. The van der Waals surface area contributed by atoms with Crippen LogP contribution in [0.25, 0.3) is 0 Å². The van der Waals surface area contributed by atoms with E-state index in [1.807, 2.05) is 13.0 Å². The first-order chi connectivity index (χ1) is 9.97. The summed E-state index contributed by atoms with van der Waals surface area (Å²) in [6.45, 7) is 2.29. The maximum atomic E-state index is 12.1. The Morgan fingerprint density at radius 1 is 1.14 bits per heavy atom. The Hall–Kier alpha value is -2.05. The average molecular weight is 306 g/mol. The van der Waals surface area contributed by atoms with Gasteiger partial charge in [0.1, 0.15) is 12.4 Å². The highest BCUT2D eigenvalue weighted by atomic mass is 32.2. The molecule has 3 N–H and O–H groups in total. The maximum Gasteiger partial charge on any atom is 0.240 e. The number of nitrogens with two attached hydrogens (primary N) is 1. The molecular weight excluding hydrogens is 288 g/mol. The van der Waals surface area contributed by atoms with Gasteiger partial charge < -0.3 is 10.5 Å². The van der Waals surface area contributed by atoms with Crippen molar-refractivity contribution >= 4 is 15.7 Å². The van der Waals surface area contributed by atoms with Gasteiger partial charge in [0.25, 0.3) is 0 Å². The highest BCUT2D eigenvalue weighted by Crippen LogP contribution is 2.13. The SMILES string of the molecule is Cc1cccc(S(=O)(=O)NCCOc2ccc(N)cc2)c1. The van der Waals surface area contributed by atoms with Gasteiger partial charge in [-0.2, -0.15) is 0 Å². The van der Waals surface area contributed by atoms with Crippen molar-refractivity contribution in [1.82, 2.24) is 4.72 Å². The molecule has 0 aliphatic rings. The standard InChI is InChI=1S/C15H18N2O3S/c1-12-3-2-4-15(11-12)21(18,19)17-9-10-20-14-7-5-13(16)6-8-14/h2-8,11,17H,9-10,16H2,1H3. The van der Waals surface area contributed by atoms with Gasteiger partial charge in [-0.25, -0.2) is 13.1 Å². The second kappa shape index (κ2) is 6.60. The summed E-state index contributed by atoms with van der Waals surface area (Å²) in [5, 5.41) is 0. The van der Waals surface area contributed by atoms with E-state index in [1.54, 1.807) is 42.5 Å². The van der Waals surface area contributed by atoms with Crippen LogP contribution in [-0.4, -0.2) is 21.6 Å². The number of hydrogen-bond acceptors (Lipinski definition) is 4. The fraction of sp³-hybridized carbons (Fsp3) is 0.200. The number of rotatable bonds is 6. The predicted molar refractivity (Wildman–Crippen MR) is 82.7 cm³/mol. The molecule has 0 saturated carbocycles. The maximum absolute atomic E-state index is 12.1. The Morgan fingerprint density at radius 3 is 2.52 bits per heavy atom. The Morgan fingerprint density at radius 2 is 1.86 bits per heavy atom. The summed E-state index contributed by atoms with van der Waals surface area (Å²) in [4.78, 5) is 0.259. The van der Waals surface area contributed by atoms with E-state index in [9.17, 15) is 8.42 Å². The third-order valence-corrected chi connectivity index (χ3v) is 4.30. The van der Waals surface area contributed by atoms with Crippen LogP contribution in [0, 0.1) is 6.92 Å². The topological polar surface area (TPSA) is 81.4 Å². The van der Waals surface area contributed by atoms with Crippen LogP contribution in [0.1, 0.15) is 5.56 Å². The lowest BCUT2D eigenvalue weighted by molar-refractivity contribution is 0.323. The van der Waals surface area contributed by atoms with E-state index in [1.165, 1.54) is 0 Å². The minimum atomic E-state index is -3.49. The van der Waals surface area contributed by atoms with Crippen LogP contribution >= 0.6 is 0 Å². The molecule has 0 unspecified atom stereocenters. The van der Waals surface area contributed by atoms with Gasteiger partial charge in [0.15, 0.2) is 0 Å². The number of sulfonamides is 1. The van der Waals surface area contributed by atoms with Gasteiger partial charge in [-0.3, -0.25) is 0 Å².